The van der Waals surface area contributed by atoms with E-state index in [9.17, 15) is 9.59 Å². The van der Waals surface area contributed by atoms with Crippen molar-refractivity contribution in [2.24, 2.45) is 0 Å². The molecular weight excluding hydrogens is 380 g/mol. The number of unbranched alkanes of at least 4 members (excludes halogenated alkanes) is 2. The lowest BCUT2D eigenvalue weighted by atomic mass is 10.1. The molecule has 6 heteroatoms. The number of amides is 1. The minimum absolute atomic E-state index is 0.247. The topological polar surface area (TPSA) is 77.5 Å². The van der Waals surface area contributed by atoms with Crippen LogP contribution in [0.2, 0.25) is 0 Å². The third kappa shape index (κ3) is 5.35. The van der Waals surface area contributed by atoms with Crippen molar-refractivity contribution in [2.45, 2.75) is 33.1 Å². The number of nitrogens with zero attached hydrogens (tertiary/aromatic N) is 1. The average molecular weight is 406 g/mol. The molecule has 6 nitrogen and oxygen atoms in total. The summed E-state index contributed by atoms with van der Waals surface area (Å²) in [6.45, 7) is 4.79. The predicted octanol–water partition coefficient (Wildman–Crippen LogP) is 5.23. The lowest BCUT2D eigenvalue weighted by Gasteiger charge is -2.12. The minimum atomic E-state index is -0.403. The van der Waals surface area contributed by atoms with Gasteiger partial charge < -0.3 is 14.8 Å². The van der Waals surface area contributed by atoms with Crippen LogP contribution in [-0.4, -0.2) is 30.1 Å². The average Bonchev–Trinajstić information content (AvgIpc) is 2.76. The first-order valence-electron chi connectivity index (χ1n) is 10.2. The number of aromatic nitrogens is 1. The molecule has 156 valence electrons. The van der Waals surface area contributed by atoms with Crippen LogP contribution in [0.25, 0.3) is 10.9 Å². The van der Waals surface area contributed by atoms with E-state index >= 15 is 0 Å². The maximum Gasteiger partial charge on any atom is 0.339 e. The highest BCUT2D eigenvalue weighted by molar-refractivity contribution is 6.07. The molecule has 30 heavy (non-hydrogen) atoms. The van der Waals surface area contributed by atoms with E-state index in [1.807, 2.05) is 18.2 Å². The number of esters is 1. The fraction of sp³-hybridized carbons (Fsp3) is 0.292. The number of hydrogen-bond donors (Lipinski definition) is 1. The van der Waals surface area contributed by atoms with E-state index in [2.05, 4.69) is 17.2 Å². The molecule has 0 radical (unpaired) electrons. The number of benzene rings is 2. The van der Waals surface area contributed by atoms with Crippen LogP contribution in [0.5, 0.6) is 5.75 Å². The molecular formula is C24H26N2O4. The van der Waals surface area contributed by atoms with Crippen molar-refractivity contribution >= 4 is 28.5 Å². The standard InChI is InChI=1S/C24H26N2O4/c1-3-5-8-13-30-22-10-7-6-9-20(22)23(27)26-19-12-11-17-14-18(24(28)29-4-2)16-25-21(17)15-19/h6-7,9-12,14-16H,3-5,8,13H2,1-2H3,(H,26,27). The highest BCUT2D eigenvalue weighted by atomic mass is 16.5. The number of carbonyl (C=O) groups excluding carboxylic acids is 2. The summed E-state index contributed by atoms with van der Waals surface area (Å²) in [5, 5.41) is 3.69. The number of para-hydroxylation sites is 1. The zero-order valence-electron chi connectivity index (χ0n) is 17.3. The molecule has 0 atom stereocenters. The maximum absolute atomic E-state index is 12.8. The van der Waals surface area contributed by atoms with Crippen LogP contribution in [0, 0.1) is 0 Å². The fourth-order valence-corrected chi connectivity index (χ4v) is 3.04. The smallest absolute Gasteiger partial charge is 0.339 e. The second-order valence-corrected chi connectivity index (χ2v) is 6.86. The number of hydrogen-bond acceptors (Lipinski definition) is 5. The van der Waals surface area contributed by atoms with Gasteiger partial charge >= 0.3 is 5.97 Å². The molecule has 2 aromatic carbocycles. The largest absolute Gasteiger partial charge is 0.493 e. The highest BCUT2D eigenvalue weighted by Crippen LogP contribution is 2.23. The van der Waals surface area contributed by atoms with Crippen LogP contribution >= 0.6 is 0 Å². The van der Waals surface area contributed by atoms with Gasteiger partial charge in [-0.15, -0.1) is 0 Å². The van der Waals surface area contributed by atoms with Gasteiger partial charge in [0.05, 0.1) is 29.9 Å². The lowest BCUT2D eigenvalue weighted by molar-refractivity contribution is 0.0526. The van der Waals surface area contributed by atoms with Gasteiger partial charge in [-0.3, -0.25) is 9.78 Å². The van der Waals surface area contributed by atoms with Gasteiger partial charge in [-0.2, -0.15) is 0 Å². The Bertz CT molecular complexity index is 1030. The van der Waals surface area contributed by atoms with Crippen LogP contribution in [0.15, 0.2) is 54.7 Å². The summed E-state index contributed by atoms with van der Waals surface area (Å²) in [6, 6.07) is 14.3. The first-order valence-corrected chi connectivity index (χ1v) is 10.2. The number of ether oxygens (including phenoxy) is 2. The van der Waals surface area contributed by atoms with Crippen LogP contribution in [0.3, 0.4) is 0 Å². The molecule has 0 unspecified atom stereocenters. The number of pyridine rings is 1. The van der Waals surface area contributed by atoms with Crippen molar-refractivity contribution in [1.82, 2.24) is 4.98 Å². The lowest BCUT2D eigenvalue weighted by Crippen LogP contribution is -2.14. The highest BCUT2D eigenvalue weighted by Gasteiger charge is 2.13. The summed E-state index contributed by atoms with van der Waals surface area (Å²) in [5.41, 5.74) is 2.17. The molecule has 0 fully saturated rings. The minimum Gasteiger partial charge on any atom is -0.493 e. The SMILES string of the molecule is CCCCCOc1ccccc1C(=O)Nc1ccc2cc(C(=O)OCC)cnc2c1. The number of nitrogens with one attached hydrogen (secondary N) is 1. The molecule has 0 aliphatic heterocycles. The van der Waals surface area contributed by atoms with Gasteiger partial charge in [0, 0.05) is 17.3 Å². The number of fused-ring (bicyclic) bond motifs is 1. The van der Waals surface area contributed by atoms with E-state index in [1.54, 1.807) is 37.3 Å². The van der Waals surface area contributed by atoms with Crippen LogP contribution in [0.4, 0.5) is 5.69 Å². The van der Waals surface area contributed by atoms with Crippen LogP contribution in [0.1, 0.15) is 53.8 Å². The molecule has 0 aliphatic rings. The van der Waals surface area contributed by atoms with E-state index in [4.69, 9.17) is 9.47 Å². The fourth-order valence-electron chi connectivity index (χ4n) is 3.04. The molecule has 0 bridgehead atoms. The monoisotopic (exact) mass is 406 g/mol. The maximum atomic E-state index is 12.8. The van der Waals surface area contributed by atoms with Gasteiger partial charge in [-0.1, -0.05) is 38.0 Å². The molecule has 0 aliphatic carbocycles. The molecule has 1 aromatic heterocycles. The summed E-state index contributed by atoms with van der Waals surface area (Å²) < 4.78 is 10.8. The van der Waals surface area contributed by atoms with Crippen molar-refractivity contribution in [3.63, 3.8) is 0 Å². The van der Waals surface area contributed by atoms with Crippen molar-refractivity contribution in [1.29, 1.82) is 0 Å². The molecule has 1 amide bonds. The van der Waals surface area contributed by atoms with Gasteiger partial charge in [0.15, 0.2) is 0 Å². The summed E-state index contributed by atoms with van der Waals surface area (Å²) in [5.74, 6) is -0.0764. The van der Waals surface area contributed by atoms with Gasteiger partial charge in [0.25, 0.3) is 5.91 Å². The Labute approximate surface area is 176 Å². The molecule has 1 N–H and O–H groups in total. The Kier molecular flexibility index (Phi) is 7.38. The molecule has 0 saturated heterocycles. The second-order valence-electron chi connectivity index (χ2n) is 6.86. The van der Waals surface area contributed by atoms with Crippen molar-refractivity contribution in [3.05, 3.63) is 65.9 Å². The zero-order valence-corrected chi connectivity index (χ0v) is 17.3. The first kappa shape index (κ1) is 21.3. The Hall–Kier alpha value is -3.41. The molecule has 1 heterocycles. The summed E-state index contributed by atoms with van der Waals surface area (Å²) in [6.07, 6.45) is 4.64. The Balaban J connectivity index is 1.74. The van der Waals surface area contributed by atoms with E-state index < -0.39 is 5.97 Å². The van der Waals surface area contributed by atoms with Gasteiger partial charge in [-0.25, -0.2) is 4.79 Å². The quantitative estimate of drug-likeness (QED) is 0.389. The normalized spacial score (nSPS) is 10.6. The second kappa shape index (κ2) is 10.4. The van der Waals surface area contributed by atoms with Gasteiger partial charge in [0.1, 0.15) is 5.75 Å². The van der Waals surface area contributed by atoms with Gasteiger partial charge in [0.2, 0.25) is 0 Å². The predicted molar refractivity (Wildman–Crippen MR) is 117 cm³/mol. The Morgan fingerprint density at radius 2 is 1.87 bits per heavy atom. The number of carbonyl (C=O) groups is 2. The van der Waals surface area contributed by atoms with E-state index in [0.29, 0.717) is 41.3 Å². The van der Waals surface area contributed by atoms with Gasteiger partial charge in [-0.05, 0) is 43.7 Å². The Morgan fingerprint density at radius 3 is 2.67 bits per heavy atom. The number of rotatable bonds is 9. The van der Waals surface area contributed by atoms with Crippen LogP contribution in [-0.2, 0) is 4.74 Å². The van der Waals surface area contributed by atoms with Crippen molar-refractivity contribution in [2.75, 3.05) is 18.5 Å². The zero-order chi connectivity index (χ0) is 21.3. The molecule has 3 rings (SSSR count). The first-order chi connectivity index (χ1) is 14.6. The Morgan fingerprint density at radius 1 is 1.03 bits per heavy atom. The molecule has 0 saturated carbocycles. The van der Waals surface area contributed by atoms with E-state index in [-0.39, 0.29) is 5.91 Å². The van der Waals surface area contributed by atoms with Crippen molar-refractivity contribution < 1.29 is 19.1 Å². The molecule has 3 aromatic rings. The molecule has 0 spiro atoms. The third-order valence-electron chi connectivity index (χ3n) is 4.59. The summed E-state index contributed by atoms with van der Waals surface area (Å²) in [7, 11) is 0. The summed E-state index contributed by atoms with van der Waals surface area (Å²) in [4.78, 5) is 29.0. The third-order valence-corrected chi connectivity index (χ3v) is 4.59. The summed E-state index contributed by atoms with van der Waals surface area (Å²) >= 11 is 0. The van der Waals surface area contributed by atoms with E-state index in [0.717, 1.165) is 24.6 Å². The van der Waals surface area contributed by atoms with E-state index in [1.165, 1.54) is 6.20 Å². The van der Waals surface area contributed by atoms with Crippen molar-refractivity contribution in [3.8, 4) is 5.75 Å². The van der Waals surface area contributed by atoms with Crippen LogP contribution < -0.4 is 10.1 Å². The number of anilines is 1.